The Morgan fingerprint density at radius 2 is 1.30 bits per heavy atom. The molecule has 17 nitrogen and oxygen atoms in total. The number of carbonyl (C=O) groups excluding carboxylic acids is 2. The van der Waals surface area contributed by atoms with Crippen LogP contribution < -0.4 is 37.7 Å². The maximum absolute atomic E-state index is 13.8. The van der Waals surface area contributed by atoms with Crippen molar-refractivity contribution in [2.75, 3.05) is 39.0 Å². The van der Waals surface area contributed by atoms with E-state index in [0.717, 1.165) is 28.3 Å². The summed E-state index contributed by atoms with van der Waals surface area (Å²) in [6.45, 7) is 2.71. The Morgan fingerprint density at radius 3 is 1.77 bits per heavy atom. The molecule has 0 aliphatic heterocycles. The highest BCUT2D eigenvalue weighted by Crippen LogP contribution is 2.59. The Morgan fingerprint density at radius 1 is 0.767 bits per heavy atom. The van der Waals surface area contributed by atoms with Crippen molar-refractivity contribution in [2.24, 2.45) is 0 Å². The van der Waals surface area contributed by atoms with Gasteiger partial charge in [-0.25, -0.2) is 32.4 Å². The van der Waals surface area contributed by atoms with Crippen molar-refractivity contribution in [3.63, 3.8) is 0 Å². The van der Waals surface area contributed by atoms with Crippen LogP contribution in [0, 0.1) is 0 Å². The van der Waals surface area contributed by atoms with Gasteiger partial charge in [0.1, 0.15) is 16.9 Å². The molecule has 4 aromatic heterocycles. The van der Waals surface area contributed by atoms with Crippen LogP contribution in [-0.2, 0) is 21.2 Å². The number of hydrogen-bond donors (Lipinski definition) is 6. The number of urea groups is 2. The zero-order chi connectivity index (χ0) is 43.9. The number of aromatic amines is 1. The molecule has 22 heteroatoms. The Labute approximate surface area is 339 Å². The molecule has 0 saturated heterocycles. The first-order valence-corrected chi connectivity index (χ1v) is 19.4. The minimum atomic E-state index is -4.41. The van der Waals surface area contributed by atoms with Gasteiger partial charge in [0.05, 0.1) is 16.3 Å². The zero-order valence-electron chi connectivity index (χ0n) is 31.9. The molecule has 6 aromatic rings. The molecule has 1 aliphatic rings. The smallest absolute Gasteiger partial charge is 0.401 e. The van der Waals surface area contributed by atoms with Gasteiger partial charge in [-0.3, -0.25) is 16.4 Å². The van der Waals surface area contributed by atoms with Gasteiger partial charge >= 0.3 is 18.2 Å². The Hall–Kier alpha value is -7.07. The quantitative estimate of drug-likeness (QED) is 0.0650. The minimum Gasteiger partial charge on any atom is -0.748 e. The fourth-order valence-corrected chi connectivity index (χ4v) is 5.21. The Bertz CT molecular complexity index is 2500. The topological polar surface area (TPSA) is 271 Å². The van der Waals surface area contributed by atoms with Gasteiger partial charge in [-0.1, -0.05) is 34.6 Å². The maximum atomic E-state index is 13.8. The number of benzene rings is 2. The number of nitrogens with one attached hydrogen (secondary N) is 5. The van der Waals surface area contributed by atoms with E-state index in [4.69, 9.17) is 33.5 Å². The number of hydrogen-bond acceptors (Lipinski definition) is 12. The lowest BCUT2D eigenvalue weighted by molar-refractivity contribution is -0.359. The molecule has 4 amide bonds. The molecule has 0 atom stereocenters. The van der Waals surface area contributed by atoms with Gasteiger partial charge in [-0.15, -0.1) is 0 Å². The maximum Gasteiger partial charge on any atom is 0.401 e. The van der Waals surface area contributed by atoms with Crippen molar-refractivity contribution in [1.82, 2.24) is 15.3 Å². The lowest BCUT2D eigenvalue weighted by Crippen LogP contribution is -2.28. The molecule has 0 radical (unpaired) electrons. The van der Waals surface area contributed by atoms with Gasteiger partial charge in [-0.05, 0) is 80.3 Å². The van der Waals surface area contributed by atoms with E-state index in [9.17, 15) is 27.2 Å². The summed E-state index contributed by atoms with van der Waals surface area (Å²) in [6.07, 6.45) is -0.452. The molecule has 0 spiro atoms. The van der Waals surface area contributed by atoms with Crippen molar-refractivity contribution in [3.8, 4) is 22.3 Å². The zero-order valence-corrected chi connectivity index (χ0v) is 32.7. The predicted octanol–water partition coefficient (Wildman–Crippen LogP) is 7.30. The number of nitrogen functional groups attached to an aromatic ring is 2. The van der Waals surface area contributed by atoms with Crippen molar-refractivity contribution in [1.29, 1.82) is 0 Å². The second kappa shape index (κ2) is 17.8. The molecule has 0 bridgehead atoms. The molecule has 0 unspecified atom stereocenters. The van der Waals surface area contributed by atoms with Crippen LogP contribution in [0.25, 0.3) is 22.3 Å². The molecule has 4 heterocycles. The number of halogens is 4. The number of H-pyrrole nitrogens is 1. The van der Waals surface area contributed by atoms with E-state index in [0.29, 0.717) is 29.3 Å². The number of rotatable bonds is 8. The van der Waals surface area contributed by atoms with Crippen molar-refractivity contribution < 1.29 is 54.2 Å². The van der Waals surface area contributed by atoms with Gasteiger partial charge in [0.25, 0.3) is 5.82 Å². The first-order valence-electron chi connectivity index (χ1n) is 17.5. The second-order valence-electron chi connectivity index (χ2n) is 13.7. The van der Waals surface area contributed by atoms with Crippen LogP contribution in [0.1, 0.15) is 38.1 Å². The lowest BCUT2D eigenvalue weighted by atomic mass is 10.0. The van der Waals surface area contributed by atoms with E-state index in [1.54, 1.807) is 48.8 Å². The highest BCUT2D eigenvalue weighted by atomic mass is 32.2. The number of nitrogens with two attached hydrogens (primary N) is 2. The van der Waals surface area contributed by atoms with Crippen molar-refractivity contribution in [3.05, 3.63) is 109 Å². The van der Waals surface area contributed by atoms with Crippen LogP contribution in [0.2, 0.25) is 0 Å². The molecule has 1 saturated carbocycles. The van der Waals surface area contributed by atoms with Gasteiger partial charge in [0.15, 0.2) is 17.2 Å². The fourth-order valence-electron chi connectivity index (χ4n) is 5.21. The molecule has 316 valence electrons. The Balaban J connectivity index is 0.000000206. The summed E-state index contributed by atoms with van der Waals surface area (Å²) in [6, 6.07) is 22.7. The summed E-state index contributed by atoms with van der Waals surface area (Å²) < 4.78 is 90.1. The van der Waals surface area contributed by atoms with E-state index >= 15 is 0 Å². The number of aromatic nitrogens is 4. The van der Waals surface area contributed by atoms with Gasteiger partial charge in [-0.2, -0.15) is 13.2 Å². The Kier molecular flexibility index (Phi) is 13.1. The average molecular weight is 855 g/mol. The number of carbonyl (C=O) groups is 2. The molecule has 1 fully saturated rings. The number of pyridine rings is 2. The van der Waals surface area contributed by atoms with Crippen LogP contribution in [0.4, 0.5) is 61.9 Å². The normalized spacial score (nSPS) is 13.1. The second-order valence-corrected chi connectivity index (χ2v) is 15.1. The first kappa shape index (κ1) is 44.0. The van der Waals surface area contributed by atoms with E-state index in [1.165, 1.54) is 19.9 Å². The lowest BCUT2D eigenvalue weighted by Gasteiger charge is -2.14. The molecule has 60 heavy (non-hydrogen) atoms. The number of anilines is 6. The average Bonchev–Trinajstić information content (AvgIpc) is 3.64. The van der Waals surface area contributed by atoms with Crippen LogP contribution in [0.5, 0.6) is 0 Å². The first-order chi connectivity index (χ1) is 28.1. The third-order valence-electron chi connectivity index (χ3n) is 8.45. The summed E-state index contributed by atoms with van der Waals surface area (Å²) in [7, 11) is -3.92. The van der Waals surface area contributed by atoms with Crippen LogP contribution in [0.15, 0.2) is 106 Å². The number of amides is 4. The summed E-state index contributed by atoms with van der Waals surface area (Å²) >= 11 is 0. The standard InChI is InChI=1S/C19H16F3N5O2.C18H18FN5O2.CH4O3S/c20-19(21,22)18(7-8-18)14-9-16(27-29-14)26-17(28)25-13-4-1-11(2-5-13)12-3-6-15(23)24-10-12;1-18(2,19)14-9-16(26-24-14)23-17(25)22-13-6-3-11(4-7-13)12-5-8-15(20)21-10-12;1-5(2,3)4/h1-6,9-10H,7-8H2,(H2,23,24)(H2,25,26,27,28);3-10H,1-2H3,(H2,20,21)(H2,22,23,25);1H3,(H,2,3,4). The number of nitrogens with zero attached hydrogens (tertiary/aromatic N) is 3. The summed E-state index contributed by atoms with van der Waals surface area (Å²) in [4.78, 5) is 31.1. The van der Waals surface area contributed by atoms with Gasteiger partial charge in [0.2, 0.25) is 5.88 Å². The highest BCUT2D eigenvalue weighted by molar-refractivity contribution is 7.84. The van der Waals surface area contributed by atoms with Gasteiger partial charge in [0, 0.05) is 53.2 Å². The molecular weight excluding hydrogens is 817 g/mol. The van der Waals surface area contributed by atoms with Crippen molar-refractivity contribution >= 4 is 56.9 Å². The molecule has 1 aliphatic carbocycles. The van der Waals surface area contributed by atoms with Crippen LogP contribution >= 0.6 is 0 Å². The van der Waals surface area contributed by atoms with E-state index < -0.39 is 39.4 Å². The van der Waals surface area contributed by atoms with Gasteiger partial charge < -0.3 is 30.0 Å². The SMILES string of the molecule is CC(C)(F)c1cc(NC(=O)Nc2ccc(-c3ccc(N)nc3)cc2)on1.CS(=O)(=O)[O-].Nc1ccc(-c2ccc(NC(=O)Nc3cc(C4(C(F)(F)F)CC4)on3)cc2)c[nH+]1. The third kappa shape index (κ3) is 12.5. The summed E-state index contributed by atoms with van der Waals surface area (Å²) in [5.41, 5.74) is 12.4. The fraction of sp³-hybridized carbons (Fsp3) is 0.211. The largest absolute Gasteiger partial charge is 0.748 e. The van der Waals surface area contributed by atoms with E-state index in [-0.39, 0.29) is 36.0 Å². The summed E-state index contributed by atoms with van der Waals surface area (Å²) in [5.74, 6) is 0.692. The molecule has 7 rings (SSSR count). The highest BCUT2D eigenvalue weighted by Gasteiger charge is 2.67. The molecule has 9 N–H and O–H groups in total. The monoisotopic (exact) mass is 854 g/mol. The van der Waals surface area contributed by atoms with E-state index in [2.05, 4.69) is 41.5 Å². The minimum absolute atomic E-state index is 0.0462. The van der Waals surface area contributed by atoms with Crippen molar-refractivity contribution in [2.45, 2.75) is 43.9 Å². The predicted molar refractivity (Wildman–Crippen MR) is 212 cm³/mol. The third-order valence-corrected chi connectivity index (χ3v) is 8.45. The molecule has 2 aromatic carbocycles. The van der Waals surface area contributed by atoms with E-state index in [1.807, 2.05) is 36.4 Å². The van der Waals surface area contributed by atoms with Crippen LogP contribution in [-0.4, -0.2) is 52.8 Å². The molecular formula is C38H38F4N10O7S. The summed E-state index contributed by atoms with van der Waals surface area (Å²) in [5, 5.41) is 17.2. The van der Waals surface area contributed by atoms with Crippen LogP contribution in [0.3, 0.4) is 0 Å². The number of alkyl halides is 4.